The molecule has 0 spiro atoms. The van der Waals surface area contributed by atoms with E-state index in [-0.39, 0.29) is 30.0 Å². The predicted molar refractivity (Wildman–Crippen MR) is 119 cm³/mol. The number of rotatable bonds is 8. The van der Waals surface area contributed by atoms with E-state index in [0.29, 0.717) is 11.4 Å². The van der Waals surface area contributed by atoms with Crippen molar-refractivity contribution < 1.29 is 8.42 Å². The molecule has 0 radical (unpaired) electrons. The van der Waals surface area contributed by atoms with Crippen molar-refractivity contribution in [3.05, 3.63) is 29.8 Å². The molecule has 0 saturated heterocycles. The van der Waals surface area contributed by atoms with Gasteiger partial charge in [0.1, 0.15) is 0 Å². The fourth-order valence-electron chi connectivity index (χ4n) is 1.90. The molecular formula is C16H29IN4O2S2. The van der Waals surface area contributed by atoms with Crippen LogP contribution in [0.1, 0.15) is 19.4 Å². The van der Waals surface area contributed by atoms with E-state index in [1.54, 1.807) is 38.0 Å². The monoisotopic (exact) mass is 500 g/mol. The van der Waals surface area contributed by atoms with E-state index >= 15 is 0 Å². The summed E-state index contributed by atoms with van der Waals surface area (Å²) in [4.78, 5) is 4.47. The van der Waals surface area contributed by atoms with Gasteiger partial charge in [-0.3, -0.25) is 4.99 Å². The van der Waals surface area contributed by atoms with Crippen LogP contribution in [0.5, 0.6) is 0 Å². The third-order valence-electron chi connectivity index (χ3n) is 3.61. The molecule has 0 saturated carbocycles. The maximum atomic E-state index is 12.4. The molecule has 0 aliphatic carbocycles. The van der Waals surface area contributed by atoms with Crippen molar-refractivity contribution in [3.63, 3.8) is 0 Å². The standard InChI is InChI=1S/C16H28N4O2S2.HI/c1-13(2)20(4)24(21,22)15-8-6-14(7-9-15)12-19-16(17-3)18-10-11-23-5;/h6-9,13H,10-12H2,1-5H3,(H2,17,18,19);1H. The van der Waals surface area contributed by atoms with Crippen molar-refractivity contribution in [2.75, 3.05) is 32.6 Å². The predicted octanol–water partition coefficient (Wildman–Crippen LogP) is 2.36. The van der Waals surface area contributed by atoms with Crippen LogP contribution in [0.2, 0.25) is 0 Å². The Morgan fingerprint density at radius 1 is 1.24 bits per heavy atom. The van der Waals surface area contributed by atoms with Gasteiger partial charge in [-0.25, -0.2) is 8.42 Å². The summed E-state index contributed by atoms with van der Waals surface area (Å²) in [7, 11) is -0.106. The number of sulfonamides is 1. The van der Waals surface area contributed by atoms with Gasteiger partial charge < -0.3 is 10.6 Å². The average Bonchev–Trinajstić information content (AvgIpc) is 2.57. The fraction of sp³-hybridized carbons (Fsp3) is 0.562. The number of benzene rings is 1. The molecule has 9 heteroatoms. The minimum atomic E-state index is -3.43. The summed E-state index contributed by atoms with van der Waals surface area (Å²) in [6.07, 6.45) is 2.06. The molecule has 1 aromatic rings. The van der Waals surface area contributed by atoms with E-state index < -0.39 is 10.0 Å². The highest BCUT2D eigenvalue weighted by Gasteiger charge is 2.22. The highest BCUT2D eigenvalue weighted by Crippen LogP contribution is 2.17. The van der Waals surface area contributed by atoms with Gasteiger partial charge in [-0.2, -0.15) is 16.1 Å². The lowest BCUT2D eigenvalue weighted by Gasteiger charge is -2.21. The van der Waals surface area contributed by atoms with Gasteiger partial charge in [0.15, 0.2) is 5.96 Å². The number of aliphatic imine (C=N–C) groups is 1. The second kappa shape index (κ2) is 12.0. The number of thioether (sulfide) groups is 1. The second-order valence-corrected chi connectivity index (χ2v) is 8.59. The van der Waals surface area contributed by atoms with Crippen molar-refractivity contribution in [2.45, 2.75) is 31.3 Å². The van der Waals surface area contributed by atoms with Crippen LogP contribution >= 0.6 is 35.7 Å². The van der Waals surface area contributed by atoms with Gasteiger partial charge >= 0.3 is 0 Å². The molecular weight excluding hydrogens is 471 g/mol. The van der Waals surface area contributed by atoms with E-state index in [1.807, 2.05) is 26.0 Å². The number of nitrogens with zero attached hydrogens (tertiary/aromatic N) is 2. The fourth-order valence-corrected chi connectivity index (χ4v) is 3.57. The smallest absolute Gasteiger partial charge is 0.243 e. The van der Waals surface area contributed by atoms with Crippen molar-refractivity contribution in [2.24, 2.45) is 4.99 Å². The first-order valence-corrected chi connectivity index (χ1v) is 10.7. The van der Waals surface area contributed by atoms with Crippen molar-refractivity contribution >= 4 is 51.7 Å². The van der Waals surface area contributed by atoms with Gasteiger partial charge in [0.25, 0.3) is 0 Å². The molecule has 0 amide bonds. The first kappa shape index (κ1) is 24.5. The molecule has 0 heterocycles. The number of guanidine groups is 1. The zero-order valence-electron chi connectivity index (χ0n) is 15.4. The first-order chi connectivity index (χ1) is 11.3. The summed E-state index contributed by atoms with van der Waals surface area (Å²) in [6, 6.07) is 6.86. The van der Waals surface area contributed by atoms with Crippen molar-refractivity contribution in [1.29, 1.82) is 0 Å². The minimum absolute atomic E-state index is 0. The Balaban J connectivity index is 0.00000576. The Labute approximate surface area is 173 Å². The molecule has 0 atom stereocenters. The molecule has 25 heavy (non-hydrogen) atoms. The summed E-state index contributed by atoms with van der Waals surface area (Å²) >= 11 is 1.77. The lowest BCUT2D eigenvalue weighted by Crippen LogP contribution is -2.37. The van der Waals surface area contributed by atoms with Crippen molar-refractivity contribution in [3.8, 4) is 0 Å². The molecule has 0 aliphatic heterocycles. The van der Waals surface area contributed by atoms with Gasteiger partial charge in [-0.1, -0.05) is 12.1 Å². The quantitative estimate of drug-likeness (QED) is 0.248. The lowest BCUT2D eigenvalue weighted by molar-refractivity contribution is 0.410. The van der Waals surface area contributed by atoms with Crippen LogP contribution in [-0.2, 0) is 16.6 Å². The summed E-state index contributed by atoms with van der Waals surface area (Å²) in [5, 5.41) is 6.43. The number of hydrogen-bond donors (Lipinski definition) is 2. The molecule has 0 fully saturated rings. The topological polar surface area (TPSA) is 73.8 Å². The molecule has 2 N–H and O–H groups in total. The Morgan fingerprint density at radius 3 is 2.32 bits per heavy atom. The summed E-state index contributed by atoms with van der Waals surface area (Å²) in [5.74, 6) is 1.75. The minimum Gasteiger partial charge on any atom is -0.356 e. The van der Waals surface area contributed by atoms with Gasteiger partial charge in [0.05, 0.1) is 4.90 Å². The third kappa shape index (κ3) is 7.71. The Kier molecular flexibility index (Phi) is 11.7. The van der Waals surface area contributed by atoms with Gasteiger partial charge in [0, 0.05) is 39.0 Å². The van der Waals surface area contributed by atoms with Gasteiger partial charge in [-0.15, -0.1) is 24.0 Å². The molecule has 0 unspecified atom stereocenters. The molecule has 0 aliphatic rings. The maximum Gasteiger partial charge on any atom is 0.243 e. The molecule has 6 nitrogen and oxygen atoms in total. The summed E-state index contributed by atoms with van der Waals surface area (Å²) in [6.45, 7) is 5.13. The Bertz CT molecular complexity index is 634. The summed E-state index contributed by atoms with van der Waals surface area (Å²) < 4.78 is 26.2. The van der Waals surface area contributed by atoms with Gasteiger partial charge in [-0.05, 0) is 37.8 Å². The second-order valence-electron chi connectivity index (χ2n) is 5.60. The van der Waals surface area contributed by atoms with E-state index in [4.69, 9.17) is 0 Å². The zero-order chi connectivity index (χ0) is 18.2. The van der Waals surface area contributed by atoms with Gasteiger partial charge in [0.2, 0.25) is 10.0 Å². The normalized spacial score (nSPS) is 12.2. The molecule has 1 aromatic carbocycles. The van der Waals surface area contributed by atoms with Crippen LogP contribution in [0.25, 0.3) is 0 Å². The van der Waals surface area contributed by atoms with Crippen LogP contribution in [-0.4, -0.2) is 57.4 Å². The van der Waals surface area contributed by atoms with Crippen LogP contribution < -0.4 is 10.6 Å². The first-order valence-electron chi connectivity index (χ1n) is 7.83. The lowest BCUT2D eigenvalue weighted by atomic mass is 10.2. The average molecular weight is 500 g/mol. The highest BCUT2D eigenvalue weighted by atomic mass is 127. The Hall–Kier alpha value is -0.520. The van der Waals surface area contributed by atoms with E-state index in [1.165, 1.54) is 4.31 Å². The summed E-state index contributed by atoms with van der Waals surface area (Å²) in [5.41, 5.74) is 0.994. The number of halogens is 1. The van der Waals surface area contributed by atoms with Crippen LogP contribution in [0.4, 0.5) is 0 Å². The zero-order valence-corrected chi connectivity index (χ0v) is 19.4. The largest absolute Gasteiger partial charge is 0.356 e. The Morgan fingerprint density at radius 2 is 1.84 bits per heavy atom. The van der Waals surface area contributed by atoms with E-state index in [2.05, 4.69) is 21.9 Å². The molecule has 0 bridgehead atoms. The highest BCUT2D eigenvalue weighted by molar-refractivity contribution is 14.0. The van der Waals surface area contributed by atoms with E-state index in [0.717, 1.165) is 23.8 Å². The number of nitrogens with one attached hydrogen (secondary N) is 2. The van der Waals surface area contributed by atoms with Crippen molar-refractivity contribution in [1.82, 2.24) is 14.9 Å². The van der Waals surface area contributed by atoms with Crippen LogP contribution in [0, 0.1) is 0 Å². The molecule has 144 valence electrons. The van der Waals surface area contributed by atoms with E-state index in [9.17, 15) is 8.42 Å². The number of hydrogen-bond acceptors (Lipinski definition) is 4. The molecule has 0 aromatic heterocycles. The third-order valence-corrected chi connectivity index (χ3v) is 6.27. The SMILES string of the molecule is CN=C(NCCSC)NCc1ccc(S(=O)(=O)N(C)C(C)C)cc1.I. The maximum absolute atomic E-state index is 12.4. The van der Waals surface area contributed by atoms with Crippen LogP contribution in [0.3, 0.4) is 0 Å². The molecule has 1 rings (SSSR count). The van der Waals surface area contributed by atoms with Crippen LogP contribution in [0.15, 0.2) is 34.2 Å².